The first-order valence-electron chi connectivity index (χ1n) is 7.65. The van der Waals surface area contributed by atoms with Crippen LogP contribution in [0.3, 0.4) is 0 Å². The highest BCUT2D eigenvalue weighted by Gasteiger charge is 2.19. The van der Waals surface area contributed by atoms with E-state index >= 15 is 0 Å². The molecule has 1 aliphatic carbocycles. The summed E-state index contributed by atoms with van der Waals surface area (Å²) in [6, 6.07) is 11.6. The first-order chi connectivity index (χ1) is 8.88. The van der Waals surface area contributed by atoms with Crippen LogP contribution in [-0.4, -0.2) is 12.6 Å². The van der Waals surface area contributed by atoms with E-state index in [0.29, 0.717) is 6.04 Å². The number of rotatable bonds is 7. The summed E-state index contributed by atoms with van der Waals surface area (Å²) in [4.78, 5) is 0. The van der Waals surface area contributed by atoms with Gasteiger partial charge in [0.2, 0.25) is 0 Å². The smallest absolute Gasteiger partial charge is 0.0110 e. The van der Waals surface area contributed by atoms with E-state index in [4.69, 9.17) is 0 Å². The molecular formula is C17H27N. The molecule has 1 unspecified atom stereocenters. The highest BCUT2D eigenvalue weighted by molar-refractivity contribution is 5.15. The fourth-order valence-electron chi connectivity index (χ4n) is 3.13. The Labute approximate surface area is 112 Å². The molecule has 1 heteroatoms. The Balaban J connectivity index is 1.87. The Morgan fingerprint density at radius 2 is 1.89 bits per heavy atom. The van der Waals surface area contributed by atoms with Gasteiger partial charge in [0.25, 0.3) is 0 Å². The van der Waals surface area contributed by atoms with Crippen LogP contribution < -0.4 is 5.32 Å². The Kier molecular flexibility index (Phi) is 5.73. The van der Waals surface area contributed by atoms with Crippen LogP contribution in [-0.2, 0) is 6.42 Å². The molecule has 0 radical (unpaired) electrons. The summed E-state index contributed by atoms with van der Waals surface area (Å²) >= 11 is 0. The lowest BCUT2D eigenvalue weighted by Gasteiger charge is -2.22. The summed E-state index contributed by atoms with van der Waals surface area (Å²) < 4.78 is 0. The highest BCUT2D eigenvalue weighted by Crippen LogP contribution is 2.29. The first kappa shape index (κ1) is 13.6. The molecule has 0 aromatic heterocycles. The van der Waals surface area contributed by atoms with Crippen LogP contribution in [0.15, 0.2) is 30.3 Å². The predicted molar refractivity (Wildman–Crippen MR) is 78.8 cm³/mol. The molecule has 1 aliphatic rings. The van der Waals surface area contributed by atoms with Crippen molar-refractivity contribution in [3.8, 4) is 0 Å². The average molecular weight is 245 g/mol. The van der Waals surface area contributed by atoms with Crippen LogP contribution in [0.25, 0.3) is 0 Å². The van der Waals surface area contributed by atoms with Crippen molar-refractivity contribution in [3.63, 3.8) is 0 Å². The molecule has 0 amide bonds. The van der Waals surface area contributed by atoms with Crippen LogP contribution in [0.1, 0.15) is 51.0 Å². The third-order valence-corrected chi connectivity index (χ3v) is 4.10. The summed E-state index contributed by atoms with van der Waals surface area (Å²) in [5.74, 6) is 0.975. The van der Waals surface area contributed by atoms with E-state index in [-0.39, 0.29) is 0 Å². The van der Waals surface area contributed by atoms with Gasteiger partial charge in [0.05, 0.1) is 0 Å². The monoisotopic (exact) mass is 245 g/mol. The molecule has 0 bridgehead atoms. The van der Waals surface area contributed by atoms with E-state index in [2.05, 4.69) is 42.6 Å². The largest absolute Gasteiger partial charge is 0.314 e. The molecule has 0 aliphatic heterocycles. The quantitative estimate of drug-likeness (QED) is 0.760. The van der Waals surface area contributed by atoms with Crippen molar-refractivity contribution in [2.45, 2.75) is 57.9 Å². The second-order valence-corrected chi connectivity index (χ2v) is 5.73. The van der Waals surface area contributed by atoms with Crippen molar-refractivity contribution >= 4 is 0 Å². The van der Waals surface area contributed by atoms with E-state index in [1.54, 1.807) is 0 Å². The molecule has 1 N–H and O–H groups in total. The lowest BCUT2D eigenvalue weighted by molar-refractivity contribution is 0.385. The number of hydrogen-bond acceptors (Lipinski definition) is 1. The molecule has 0 spiro atoms. The van der Waals surface area contributed by atoms with E-state index in [1.165, 1.54) is 50.5 Å². The van der Waals surface area contributed by atoms with Crippen LogP contribution >= 0.6 is 0 Å². The van der Waals surface area contributed by atoms with Crippen molar-refractivity contribution in [1.29, 1.82) is 0 Å². The van der Waals surface area contributed by atoms with E-state index in [9.17, 15) is 0 Å². The fourth-order valence-corrected chi connectivity index (χ4v) is 3.13. The maximum absolute atomic E-state index is 3.74. The van der Waals surface area contributed by atoms with E-state index < -0.39 is 0 Å². The van der Waals surface area contributed by atoms with Crippen molar-refractivity contribution < 1.29 is 0 Å². The van der Waals surface area contributed by atoms with Gasteiger partial charge in [0, 0.05) is 6.04 Å². The average Bonchev–Trinajstić information content (AvgIpc) is 2.90. The summed E-state index contributed by atoms with van der Waals surface area (Å²) in [6.45, 7) is 3.41. The normalized spacial score (nSPS) is 18.1. The molecule has 1 fully saturated rings. The maximum Gasteiger partial charge on any atom is 0.0110 e. The Morgan fingerprint density at radius 3 is 2.56 bits per heavy atom. The molecular weight excluding hydrogens is 218 g/mol. The summed E-state index contributed by atoms with van der Waals surface area (Å²) in [7, 11) is 0. The van der Waals surface area contributed by atoms with Crippen molar-refractivity contribution in [2.75, 3.05) is 6.54 Å². The second kappa shape index (κ2) is 7.58. The highest BCUT2D eigenvalue weighted by atomic mass is 14.9. The molecule has 2 rings (SSSR count). The van der Waals surface area contributed by atoms with Gasteiger partial charge in [-0.1, -0.05) is 62.9 Å². The Bertz CT molecular complexity index is 314. The molecule has 1 aromatic rings. The first-order valence-corrected chi connectivity index (χ1v) is 7.65. The minimum atomic E-state index is 0.676. The number of benzene rings is 1. The molecule has 0 heterocycles. The summed E-state index contributed by atoms with van der Waals surface area (Å²) in [5.41, 5.74) is 1.48. The summed E-state index contributed by atoms with van der Waals surface area (Å²) in [5, 5.41) is 3.74. The Hall–Kier alpha value is -0.820. The molecule has 18 heavy (non-hydrogen) atoms. The molecule has 1 nitrogen and oxygen atoms in total. The number of hydrogen-bond donors (Lipinski definition) is 1. The second-order valence-electron chi connectivity index (χ2n) is 5.73. The lowest BCUT2D eigenvalue weighted by Crippen LogP contribution is -2.33. The fraction of sp³-hybridized carbons (Fsp3) is 0.647. The van der Waals surface area contributed by atoms with Gasteiger partial charge < -0.3 is 5.32 Å². The standard InChI is InChI=1S/C17H27N/c1-2-12-18-17(14-16-10-6-7-11-16)13-15-8-4-3-5-9-15/h3-5,8-9,16-18H,2,6-7,10-14H2,1H3. The van der Waals surface area contributed by atoms with E-state index in [0.717, 1.165) is 12.5 Å². The Morgan fingerprint density at radius 1 is 1.17 bits per heavy atom. The third-order valence-electron chi connectivity index (χ3n) is 4.10. The zero-order valence-corrected chi connectivity index (χ0v) is 11.7. The van der Waals surface area contributed by atoms with Gasteiger partial charge in [-0.05, 0) is 37.3 Å². The van der Waals surface area contributed by atoms with Crippen LogP contribution in [0.5, 0.6) is 0 Å². The zero-order valence-electron chi connectivity index (χ0n) is 11.7. The lowest BCUT2D eigenvalue weighted by atomic mass is 9.94. The van der Waals surface area contributed by atoms with Crippen molar-refractivity contribution in [1.82, 2.24) is 5.32 Å². The van der Waals surface area contributed by atoms with Crippen LogP contribution in [0.2, 0.25) is 0 Å². The molecule has 1 aromatic carbocycles. The zero-order chi connectivity index (χ0) is 12.6. The minimum absolute atomic E-state index is 0.676. The third kappa shape index (κ3) is 4.45. The van der Waals surface area contributed by atoms with Gasteiger partial charge in [-0.15, -0.1) is 0 Å². The van der Waals surface area contributed by atoms with Crippen LogP contribution in [0, 0.1) is 5.92 Å². The van der Waals surface area contributed by atoms with Crippen molar-refractivity contribution in [2.24, 2.45) is 5.92 Å². The molecule has 0 saturated heterocycles. The van der Waals surface area contributed by atoms with E-state index in [1.807, 2.05) is 0 Å². The molecule has 1 saturated carbocycles. The minimum Gasteiger partial charge on any atom is -0.314 e. The molecule has 100 valence electrons. The van der Waals surface area contributed by atoms with Gasteiger partial charge >= 0.3 is 0 Å². The predicted octanol–water partition coefficient (Wildman–Crippen LogP) is 4.18. The number of nitrogens with one attached hydrogen (secondary N) is 1. The van der Waals surface area contributed by atoms with Crippen LogP contribution in [0.4, 0.5) is 0 Å². The molecule has 1 atom stereocenters. The van der Waals surface area contributed by atoms with Gasteiger partial charge in [0.1, 0.15) is 0 Å². The maximum atomic E-state index is 3.74. The topological polar surface area (TPSA) is 12.0 Å². The van der Waals surface area contributed by atoms with Crippen molar-refractivity contribution in [3.05, 3.63) is 35.9 Å². The van der Waals surface area contributed by atoms with Gasteiger partial charge in [-0.3, -0.25) is 0 Å². The van der Waals surface area contributed by atoms with Gasteiger partial charge in [-0.2, -0.15) is 0 Å². The SMILES string of the molecule is CCCNC(Cc1ccccc1)CC1CCCC1. The van der Waals surface area contributed by atoms with Gasteiger partial charge in [0.15, 0.2) is 0 Å². The summed E-state index contributed by atoms with van der Waals surface area (Å²) in [6.07, 6.45) is 9.62. The van der Waals surface area contributed by atoms with Gasteiger partial charge in [-0.25, -0.2) is 0 Å².